The lowest BCUT2D eigenvalue weighted by molar-refractivity contribution is 0.0957. The van der Waals surface area contributed by atoms with Crippen LogP contribution in [-0.4, -0.2) is 25.9 Å². The Balaban J connectivity index is 1.66. The van der Waals surface area contributed by atoms with Crippen LogP contribution in [-0.2, 0) is 10.0 Å². The Bertz CT molecular complexity index is 1190. The zero-order valence-electron chi connectivity index (χ0n) is 17.3. The van der Waals surface area contributed by atoms with E-state index in [0.29, 0.717) is 23.4 Å². The molecule has 160 valence electrons. The highest BCUT2D eigenvalue weighted by Crippen LogP contribution is 2.28. The maximum Gasteiger partial charge on any atom is 0.262 e. The smallest absolute Gasteiger partial charge is 0.262 e. The van der Waals surface area contributed by atoms with Crippen LogP contribution in [0.3, 0.4) is 0 Å². The third-order valence-corrected chi connectivity index (χ3v) is 6.85. The lowest BCUT2D eigenvalue weighted by atomic mass is 10.2. The van der Waals surface area contributed by atoms with Crippen LogP contribution in [0.4, 0.5) is 5.69 Å². The van der Waals surface area contributed by atoms with E-state index in [-0.39, 0.29) is 10.8 Å². The summed E-state index contributed by atoms with van der Waals surface area (Å²) < 4.78 is 28.0. The highest BCUT2D eigenvalue weighted by atomic mass is 32.2. The summed E-state index contributed by atoms with van der Waals surface area (Å²) in [6, 6.07) is 15.8. The molecule has 3 rings (SSSR count). The van der Waals surface area contributed by atoms with Crippen molar-refractivity contribution in [3.05, 3.63) is 90.1 Å². The van der Waals surface area contributed by atoms with E-state index in [0.717, 1.165) is 15.5 Å². The van der Waals surface area contributed by atoms with E-state index >= 15 is 0 Å². The van der Waals surface area contributed by atoms with Gasteiger partial charge in [0.05, 0.1) is 10.5 Å². The third-order valence-electron chi connectivity index (χ3n) is 4.35. The molecule has 1 aromatic heterocycles. The number of hydrogen-bond acceptors (Lipinski definition) is 5. The van der Waals surface area contributed by atoms with Gasteiger partial charge >= 0.3 is 0 Å². The molecule has 8 heteroatoms. The molecule has 0 bridgehead atoms. The summed E-state index contributed by atoms with van der Waals surface area (Å²) in [5.41, 5.74) is 2.66. The number of pyridine rings is 1. The second-order valence-electron chi connectivity index (χ2n) is 6.88. The van der Waals surface area contributed by atoms with E-state index in [1.54, 1.807) is 49.4 Å². The minimum absolute atomic E-state index is 0.204. The molecule has 6 nitrogen and oxygen atoms in total. The van der Waals surface area contributed by atoms with E-state index in [1.807, 2.05) is 25.1 Å². The molecule has 0 radical (unpaired) electrons. The number of benzene rings is 2. The first-order valence-corrected chi connectivity index (χ1v) is 11.8. The molecule has 1 heterocycles. The second-order valence-corrected chi connectivity index (χ2v) is 9.63. The van der Waals surface area contributed by atoms with Crippen molar-refractivity contribution in [2.45, 2.75) is 28.7 Å². The topological polar surface area (TPSA) is 88.2 Å². The van der Waals surface area contributed by atoms with Gasteiger partial charge in [0.1, 0.15) is 5.03 Å². The van der Waals surface area contributed by atoms with Crippen LogP contribution in [0.5, 0.6) is 0 Å². The number of anilines is 1. The van der Waals surface area contributed by atoms with Crippen molar-refractivity contribution in [1.82, 2.24) is 10.3 Å². The van der Waals surface area contributed by atoms with Crippen molar-refractivity contribution in [1.29, 1.82) is 0 Å². The molecule has 0 fully saturated rings. The van der Waals surface area contributed by atoms with E-state index in [4.69, 9.17) is 0 Å². The third kappa shape index (κ3) is 5.96. The highest BCUT2D eigenvalue weighted by molar-refractivity contribution is 7.99. The van der Waals surface area contributed by atoms with Gasteiger partial charge in [0.15, 0.2) is 0 Å². The van der Waals surface area contributed by atoms with Gasteiger partial charge in [-0.2, -0.15) is 0 Å². The van der Waals surface area contributed by atoms with Crippen LogP contribution in [0, 0.1) is 13.8 Å². The molecule has 0 saturated heterocycles. The van der Waals surface area contributed by atoms with Gasteiger partial charge in [-0.05, 0) is 61.9 Å². The van der Waals surface area contributed by atoms with E-state index in [1.165, 1.54) is 18.0 Å². The standard InChI is InChI=1S/C23H23N3O3S2/c1-4-13-24-23(27)18-6-12-22(25-15-18)30-20-9-7-19(8-10-20)26-31(28,29)21-11-5-16(2)14-17(21)3/h4-12,14-15,26H,1,13H2,2-3H3,(H,24,27). The Hall–Kier alpha value is -3.10. The number of carbonyl (C=O) groups is 1. The lowest BCUT2D eigenvalue weighted by Gasteiger charge is -2.11. The summed E-state index contributed by atoms with van der Waals surface area (Å²) in [6.07, 6.45) is 3.13. The Morgan fingerprint density at radius 3 is 2.45 bits per heavy atom. The normalized spacial score (nSPS) is 11.0. The van der Waals surface area contributed by atoms with Crippen molar-refractivity contribution >= 4 is 33.4 Å². The summed E-state index contributed by atoms with van der Waals surface area (Å²) in [7, 11) is -3.67. The number of nitrogens with zero attached hydrogens (tertiary/aromatic N) is 1. The van der Waals surface area contributed by atoms with E-state index < -0.39 is 10.0 Å². The molecule has 0 saturated carbocycles. The molecule has 0 spiro atoms. The van der Waals surface area contributed by atoms with Gasteiger partial charge in [-0.1, -0.05) is 35.5 Å². The van der Waals surface area contributed by atoms with Gasteiger partial charge < -0.3 is 5.32 Å². The van der Waals surface area contributed by atoms with Gasteiger partial charge in [0.2, 0.25) is 0 Å². The average molecular weight is 454 g/mol. The van der Waals surface area contributed by atoms with Crippen LogP contribution < -0.4 is 10.0 Å². The molecule has 1 amide bonds. The van der Waals surface area contributed by atoms with Crippen molar-refractivity contribution in [3.8, 4) is 0 Å². The highest BCUT2D eigenvalue weighted by Gasteiger charge is 2.17. The molecule has 31 heavy (non-hydrogen) atoms. The molecule has 2 aromatic carbocycles. The zero-order chi connectivity index (χ0) is 22.4. The van der Waals surface area contributed by atoms with Crippen molar-refractivity contribution in [2.24, 2.45) is 0 Å². The number of carbonyl (C=O) groups excluding carboxylic acids is 1. The number of aromatic nitrogens is 1. The van der Waals surface area contributed by atoms with Crippen molar-refractivity contribution < 1.29 is 13.2 Å². The summed E-state index contributed by atoms with van der Waals surface area (Å²) in [6.45, 7) is 7.67. The largest absolute Gasteiger partial charge is 0.349 e. The molecule has 0 unspecified atom stereocenters. The number of amides is 1. The van der Waals surface area contributed by atoms with Crippen molar-refractivity contribution in [3.63, 3.8) is 0 Å². The molecule has 0 aliphatic rings. The second kappa shape index (κ2) is 9.80. The summed E-state index contributed by atoms with van der Waals surface area (Å²) >= 11 is 1.42. The Morgan fingerprint density at radius 1 is 1.10 bits per heavy atom. The van der Waals surface area contributed by atoms with Crippen LogP contribution >= 0.6 is 11.8 Å². The minimum Gasteiger partial charge on any atom is -0.349 e. The maximum absolute atomic E-state index is 12.7. The van der Waals surface area contributed by atoms with E-state index in [9.17, 15) is 13.2 Å². The number of hydrogen-bond donors (Lipinski definition) is 2. The molecule has 3 aromatic rings. The fourth-order valence-corrected chi connectivity index (χ4v) is 4.91. The number of sulfonamides is 1. The minimum atomic E-state index is -3.67. The Morgan fingerprint density at radius 2 is 1.84 bits per heavy atom. The quantitative estimate of drug-likeness (QED) is 0.488. The van der Waals surface area contributed by atoms with Gasteiger partial charge in [-0.3, -0.25) is 9.52 Å². The predicted molar refractivity (Wildman–Crippen MR) is 124 cm³/mol. The first kappa shape index (κ1) is 22.6. The van der Waals surface area contributed by atoms with E-state index in [2.05, 4.69) is 21.6 Å². The molecular weight excluding hydrogens is 430 g/mol. The number of nitrogens with one attached hydrogen (secondary N) is 2. The lowest BCUT2D eigenvalue weighted by Crippen LogP contribution is -2.23. The van der Waals surface area contributed by atoms with Gasteiger partial charge in [0.25, 0.3) is 15.9 Å². The number of aryl methyl sites for hydroxylation is 2. The van der Waals surface area contributed by atoms with Crippen LogP contribution in [0.2, 0.25) is 0 Å². The molecule has 0 atom stereocenters. The van der Waals surface area contributed by atoms with Gasteiger partial charge in [-0.15, -0.1) is 6.58 Å². The van der Waals surface area contributed by atoms with Crippen LogP contribution in [0.15, 0.2) is 88.3 Å². The Kier molecular flexibility index (Phi) is 7.14. The van der Waals surface area contributed by atoms with Crippen LogP contribution in [0.1, 0.15) is 21.5 Å². The molecule has 2 N–H and O–H groups in total. The Labute approximate surface area is 186 Å². The monoisotopic (exact) mass is 453 g/mol. The fraction of sp³-hybridized carbons (Fsp3) is 0.130. The molecular formula is C23H23N3O3S2. The predicted octanol–water partition coefficient (Wildman–Crippen LogP) is 4.57. The SMILES string of the molecule is C=CCNC(=O)c1ccc(Sc2ccc(NS(=O)(=O)c3ccc(C)cc3C)cc2)nc1. The maximum atomic E-state index is 12.7. The molecule has 0 aliphatic heterocycles. The summed E-state index contributed by atoms with van der Waals surface area (Å²) in [4.78, 5) is 17.4. The van der Waals surface area contributed by atoms with Gasteiger partial charge in [0, 0.05) is 23.3 Å². The van der Waals surface area contributed by atoms with Crippen molar-refractivity contribution in [2.75, 3.05) is 11.3 Å². The molecule has 0 aliphatic carbocycles. The summed E-state index contributed by atoms with van der Waals surface area (Å²) in [5, 5.41) is 3.43. The average Bonchev–Trinajstić information content (AvgIpc) is 2.73. The zero-order valence-corrected chi connectivity index (χ0v) is 18.9. The van der Waals surface area contributed by atoms with Crippen LogP contribution in [0.25, 0.3) is 0 Å². The fourth-order valence-electron chi connectivity index (χ4n) is 2.86. The first-order chi connectivity index (χ1) is 14.8. The first-order valence-electron chi connectivity index (χ1n) is 9.51. The van der Waals surface area contributed by atoms with Gasteiger partial charge in [-0.25, -0.2) is 13.4 Å². The number of rotatable bonds is 8. The summed E-state index contributed by atoms with van der Waals surface area (Å²) in [5.74, 6) is -0.204.